The molecule has 0 aromatic heterocycles. The molecule has 0 saturated heterocycles. The normalized spacial score (nSPS) is 15.1. The van der Waals surface area contributed by atoms with Crippen molar-refractivity contribution in [3.8, 4) is 0 Å². The molecule has 1 unspecified atom stereocenters. The minimum atomic E-state index is -3.53. The Kier molecular flexibility index (Phi) is 5.67. The van der Waals surface area contributed by atoms with Crippen LogP contribution in [0.5, 0.6) is 0 Å². The smallest absolute Gasteiger partial charge is 0.215 e. The summed E-state index contributed by atoms with van der Waals surface area (Å²) >= 11 is 0. The summed E-state index contributed by atoms with van der Waals surface area (Å²) in [6.07, 6.45) is 0.148. The van der Waals surface area contributed by atoms with Crippen molar-refractivity contribution in [2.24, 2.45) is 10.9 Å². The number of hydrogen-bond donors (Lipinski definition) is 3. The van der Waals surface area contributed by atoms with Gasteiger partial charge in [0, 0.05) is 13.1 Å². The van der Waals surface area contributed by atoms with Gasteiger partial charge in [0.25, 0.3) is 0 Å². The summed E-state index contributed by atoms with van der Waals surface area (Å²) in [5.74, 6) is -0.244. The molecule has 0 saturated carbocycles. The van der Waals surface area contributed by atoms with Gasteiger partial charge in [-0.25, -0.2) is 26.7 Å². The Labute approximate surface area is 90.3 Å². The molecule has 9 heteroatoms. The summed E-state index contributed by atoms with van der Waals surface area (Å²) in [6.45, 7) is 1.54. The Morgan fingerprint density at radius 3 is 2.20 bits per heavy atom. The number of nitrogens with two attached hydrogens (primary N) is 2. The highest BCUT2D eigenvalue weighted by Crippen LogP contribution is 1.95. The quantitative estimate of drug-likeness (QED) is 0.452. The molecule has 5 N–H and O–H groups in total. The summed E-state index contributed by atoms with van der Waals surface area (Å²) in [5, 5.41) is 4.06. The lowest BCUT2D eigenvalue weighted by molar-refractivity contribution is 0.566. The Hall–Kier alpha value is -0.220. The van der Waals surface area contributed by atoms with Crippen molar-refractivity contribution < 1.29 is 16.8 Å². The lowest BCUT2D eigenvalue weighted by atomic mass is 10.5. The van der Waals surface area contributed by atoms with Gasteiger partial charge in [0.15, 0.2) is 0 Å². The number of nitrogens with one attached hydrogen (secondary N) is 1. The zero-order valence-corrected chi connectivity index (χ0v) is 10.1. The van der Waals surface area contributed by atoms with Crippen molar-refractivity contribution >= 4 is 20.0 Å². The Morgan fingerprint density at radius 2 is 1.80 bits per heavy atom. The van der Waals surface area contributed by atoms with Crippen LogP contribution in [0.1, 0.15) is 13.3 Å². The van der Waals surface area contributed by atoms with Gasteiger partial charge in [0.05, 0.1) is 11.0 Å². The summed E-state index contributed by atoms with van der Waals surface area (Å²) < 4.78 is 45.9. The lowest BCUT2D eigenvalue weighted by Gasteiger charge is -2.11. The van der Waals surface area contributed by atoms with Gasteiger partial charge in [-0.15, -0.1) is 0 Å². The Balaban J connectivity index is 3.97. The molecule has 0 aliphatic heterocycles. The minimum absolute atomic E-state index is 0.0184. The lowest BCUT2D eigenvalue weighted by Crippen LogP contribution is -2.38. The van der Waals surface area contributed by atoms with Crippen LogP contribution in [0.25, 0.3) is 0 Å². The fourth-order valence-corrected chi connectivity index (χ4v) is 2.27. The molecule has 0 fully saturated rings. The van der Waals surface area contributed by atoms with Crippen molar-refractivity contribution in [3.05, 3.63) is 0 Å². The first-order valence-corrected chi connectivity index (χ1v) is 7.64. The molecule has 0 aliphatic carbocycles. The SMILES string of the molecule is CC(CN)S(=O)(=O)NCCCS(N)(=O)=O. The van der Waals surface area contributed by atoms with Gasteiger partial charge >= 0.3 is 0 Å². The number of primary sulfonamides is 1. The Morgan fingerprint density at radius 1 is 1.27 bits per heavy atom. The summed E-state index contributed by atoms with van der Waals surface area (Å²) in [6, 6.07) is 0. The highest BCUT2D eigenvalue weighted by Gasteiger charge is 2.18. The maximum atomic E-state index is 11.3. The van der Waals surface area contributed by atoms with Crippen LogP contribution >= 0.6 is 0 Å². The maximum Gasteiger partial charge on any atom is 0.215 e. The molecule has 7 nitrogen and oxygen atoms in total. The maximum absolute atomic E-state index is 11.3. The fraction of sp³-hybridized carbons (Fsp3) is 1.00. The van der Waals surface area contributed by atoms with E-state index < -0.39 is 25.3 Å². The van der Waals surface area contributed by atoms with Crippen molar-refractivity contribution in [1.29, 1.82) is 0 Å². The van der Waals surface area contributed by atoms with Crippen LogP contribution in [-0.4, -0.2) is 40.9 Å². The first kappa shape index (κ1) is 14.8. The van der Waals surface area contributed by atoms with E-state index in [1.54, 1.807) is 0 Å². The van der Waals surface area contributed by atoms with Crippen molar-refractivity contribution in [3.63, 3.8) is 0 Å². The van der Waals surface area contributed by atoms with Gasteiger partial charge in [0.1, 0.15) is 0 Å². The molecular weight excluding hydrogens is 242 g/mol. The average Bonchev–Trinajstić information content (AvgIpc) is 2.09. The van der Waals surface area contributed by atoms with Gasteiger partial charge in [0.2, 0.25) is 20.0 Å². The Bertz CT molecular complexity index is 375. The summed E-state index contributed by atoms with van der Waals surface area (Å²) in [5.41, 5.74) is 5.20. The summed E-state index contributed by atoms with van der Waals surface area (Å²) in [4.78, 5) is 0. The van der Waals surface area contributed by atoms with Crippen LogP contribution in [0.3, 0.4) is 0 Å². The first-order chi connectivity index (χ1) is 6.69. The molecule has 0 rings (SSSR count). The van der Waals surface area contributed by atoms with E-state index in [1.165, 1.54) is 6.92 Å². The van der Waals surface area contributed by atoms with E-state index in [0.717, 1.165) is 0 Å². The van der Waals surface area contributed by atoms with Gasteiger partial charge in [-0.05, 0) is 13.3 Å². The molecule has 0 aromatic rings. The fourth-order valence-electron chi connectivity index (χ4n) is 0.757. The second kappa shape index (κ2) is 5.75. The molecule has 0 aromatic carbocycles. The highest BCUT2D eigenvalue weighted by molar-refractivity contribution is 7.90. The molecule has 1 atom stereocenters. The molecule has 0 aliphatic rings. The zero-order chi connectivity index (χ0) is 12.1. The van der Waals surface area contributed by atoms with Crippen molar-refractivity contribution in [1.82, 2.24) is 4.72 Å². The highest BCUT2D eigenvalue weighted by atomic mass is 32.2. The van der Waals surface area contributed by atoms with Crippen LogP contribution in [0, 0.1) is 0 Å². The molecule has 0 amide bonds. The third kappa shape index (κ3) is 6.79. The van der Waals surface area contributed by atoms with E-state index in [1.807, 2.05) is 0 Å². The van der Waals surface area contributed by atoms with E-state index in [0.29, 0.717) is 0 Å². The topological polar surface area (TPSA) is 132 Å². The average molecular weight is 259 g/mol. The van der Waals surface area contributed by atoms with Crippen LogP contribution in [0.2, 0.25) is 0 Å². The molecule has 0 spiro atoms. The predicted octanol–water partition coefficient (Wildman–Crippen LogP) is -2.07. The first-order valence-electron chi connectivity index (χ1n) is 4.38. The van der Waals surface area contributed by atoms with Gasteiger partial charge in [-0.1, -0.05) is 0 Å². The number of rotatable bonds is 7. The monoisotopic (exact) mass is 259 g/mol. The van der Waals surface area contributed by atoms with Crippen LogP contribution in [0.15, 0.2) is 0 Å². The molecule has 0 bridgehead atoms. The van der Waals surface area contributed by atoms with E-state index in [-0.39, 0.29) is 25.3 Å². The van der Waals surface area contributed by atoms with E-state index >= 15 is 0 Å². The minimum Gasteiger partial charge on any atom is -0.329 e. The third-order valence-electron chi connectivity index (χ3n) is 1.77. The van der Waals surface area contributed by atoms with Crippen LogP contribution in [-0.2, 0) is 20.0 Å². The largest absolute Gasteiger partial charge is 0.329 e. The van der Waals surface area contributed by atoms with Gasteiger partial charge in [-0.3, -0.25) is 0 Å². The van der Waals surface area contributed by atoms with E-state index in [9.17, 15) is 16.8 Å². The van der Waals surface area contributed by atoms with E-state index in [4.69, 9.17) is 10.9 Å². The second-order valence-electron chi connectivity index (χ2n) is 3.21. The molecule has 92 valence electrons. The second-order valence-corrected chi connectivity index (χ2v) is 7.12. The van der Waals surface area contributed by atoms with Crippen molar-refractivity contribution in [2.45, 2.75) is 18.6 Å². The van der Waals surface area contributed by atoms with Crippen LogP contribution < -0.4 is 15.6 Å². The van der Waals surface area contributed by atoms with Gasteiger partial charge < -0.3 is 5.73 Å². The number of hydrogen-bond acceptors (Lipinski definition) is 5. The van der Waals surface area contributed by atoms with Crippen molar-refractivity contribution in [2.75, 3.05) is 18.8 Å². The summed E-state index contributed by atoms with van der Waals surface area (Å²) in [7, 11) is -6.97. The molecular formula is C6H17N3O4S2. The standard InChI is InChI=1S/C6H17N3O4S2/c1-6(5-7)15(12,13)9-3-2-4-14(8,10)11/h6,9H,2-5,7H2,1H3,(H2,8,10,11). The number of sulfonamides is 2. The predicted molar refractivity (Wildman–Crippen MR) is 58.0 cm³/mol. The zero-order valence-electron chi connectivity index (χ0n) is 8.51. The molecule has 15 heavy (non-hydrogen) atoms. The molecule has 0 heterocycles. The van der Waals surface area contributed by atoms with E-state index in [2.05, 4.69) is 4.72 Å². The van der Waals surface area contributed by atoms with Gasteiger partial charge in [-0.2, -0.15) is 0 Å². The molecule has 0 radical (unpaired) electrons. The third-order valence-corrected chi connectivity index (χ3v) is 4.49. The van der Waals surface area contributed by atoms with Crippen LogP contribution in [0.4, 0.5) is 0 Å².